The van der Waals surface area contributed by atoms with Gasteiger partial charge in [0.05, 0.1) is 33.1 Å². The number of alkyl halides is 2. The van der Waals surface area contributed by atoms with Crippen LogP contribution in [0, 0.1) is 5.41 Å². The van der Waals surface area contributed by atoms with Crippen molar-refractivity contribution in [3.05, 3.63) is 82.1 Å². The molecule has 3 heterocycles. The Balaban J connectivity index is 1.77. The zero-order valence-electron chi connectivity index (χ0n) is 16.1. The predicted molar refractivity (Wildman–Crippen MR) is 123 cm³/mol. The third kappa shape index (κ3) is 3.18. The van der Waals surface area contributed by atoms with Crippen molar-refractivity contribution < 1.29 is 13.3 Å². The van der Waals surface area contributed by atoms with Crippen LogP contribution in [-0.4, -0.2) is 20.0 Å². The lowest BCUT2D eigenvalue weighted by atomic mass is 9.99. The summed E-state index contributed by atoms with van der Waals surface area (Å²) in [6, 6.07) is 11.8. The van der Waals surface area contributed by atoms with Crippen molar-refractivity contribution in [1.82, 2.24) is 14.9 Å². The highest BCUT2D eigenvalue weighted by atomic mass is 35.5. The van der Waals surface area contributed by atoms with Crippen LogP contribution < -0.4 is 0 Å². The smallest absolute Gasteiger partial charge is 0.281 e. The van der Waals surface area contributed by atoms with Crippen LogP contribution in [0.25, 0.3) is 33.2 Å². The molecule has 0 aliphatic carbocycles. The van der Waals surface area contributed by atoms with E-state index in [0.717, 1.165) is 16.4 Å². The SMILES string of the molecule is C=C1SC(=N)c2c(noc2-c2cnn(-c3ccccc3Cl)c2C(F)F)-c2c(Cl)cccc21. The molecular formula is C22H12Cl2F2N4OS. The average Bonchev–Trinajstić information content (AvgIpc) is 3.35. The minimum absolute atomic E-state index is 0.00618. The largest absolute Gasteiger partial charge is 0.355 e. The Morgan fingerprint density at radius 1 is 1.03 bits per heavy atom. The maximum absolute atomic E-state index is 14.2. The van der Waals surface area contributed by atoms with Gasteiger partial charge in [0.1, 0.15) is 16.4 Å². The molecule has 0 fully saturated rings. The summed E-state index contributed by atoms with van der Waals surface area (Å²) in [7, 11) is 0. The molecule has 0 saturated heterocycles. The van der Waals surface area contributed by atoms with Gasteiger partial charge in [-0.2, -0.15) is 5.10 Å². The molecule has 0 bridgehead atoms. The summed E-state index contributed by atoms with van der Waals surface area (Å²) in [5.74, 6) is 0.00618. The van der Waals surface area contributed by atoms with E-state index in [2.05, 4.69) is 16.8 Å². The van der Waals surface area contributed by atoms with Gasteiger partial charge in [0.25, 0.3) is 6.43 Å². The molecular weight excluding hydrogens is 477 g/mol. The van der Waals surface area contributed by atoms with Gasteiger partial charge in [0.2, 0.25) is 0 Å². The van der Waals surface area contributed by atoms with E-state index in [1.54, 1.807) is 36.4 Å². The van der Waals surface area contributed by atoms with Crippen molar-refractivity contribution in [2.24, 2.45) is 0 Å². The normalized spacial score (nSPS) is 13.3. The molecule has 1 aliphatic rings. The van der Waals surface area contributed by atoms with Crippen LogP contribution in [0.15, 0.2) is 59.8 Å². The molecule has 1 aliphatic heterocycles. The summed E-state index contributed by atoms with van der Waals surface area (Å²) < 4.78 is 35.1. The molecule has 0 spiro atoms. The Hall–Kier alpha value is -2.94. The van der Waals surface area contributed by atoms with Gasteiger partial charge in [0, 0.05) is 10.5 Å². The third-order valence-corrected chi connectivity index (χ3v) is 6.54. The number of benzene rings is 2. The first kappa shape index (κ1) is 20.9. The van der Waals surface area contributed by atoms with E-state index in [0.29, 0.717) is 32.4 Å². The summed E-state index contributed by atoms with van der Waals surface area (Å²) in [4.78, 5) is 0.595. The lowest BCUT2D eigenvalue weighted by Crippen LogP contribution is -2.04. The lowest BCUT2D eigenvalue weighted by Gasteiger charge is -2.10. The molecule has 0 unspecified atom stereocenters. The second-order valence-electron chi connectivity index (χ2n) is 6.86. The van der Waals surface area contributed by atoms with Crippen molar-refractivity contribution in [2.45, 2.75) is 6.43 Å². The molecule has 0 amide bonds. The van der Waals surface area contributed by atoms with E-state index in [4.69, 9.17) is 33.1 Å². The predicted octanol–water partition coefficient (Wildman–Crippen LogP) is 7.48. The number of thioether (sulfide) groups is 1. The topological polar surface area (TPSA) is 67.7 Å². The first-order valence-electron chi connectivity index (χ1n) is 9.24. The first-order valence-corrected chi connectivity index (χ1v) is 10.8. The van der Waals surface area contributed by atoms with Crippen LogP contribution in [0.1, 0.15) is 23.2 Å². The van der Waals surface area contributed by atoms with Crippen molar-refractivity contribution in [2.75, 3.05) is 0 Å². The summed E-state index contributed by atoms with van der Waals surface area (Å²) in [5, 5.41) is 17.6. The highest BCUT2D eigenvalue weighted by molar-refractivity contribution is 8.22. The molecule has 0 radical (unpaired) electrons. The molecule has 5 rings (SSSR count). The quantitative estimate of drug-likeness (QED) is 0.324. The second-order valence-corrected chi connectivity index (χ2v) is 8.78. The maximum atomic E-state index is 14.2. The van der Waals surface area contributed by atoms with Gasteiger partial charge in [-0.3, -0.25) is 5.41 Å². The minimum atomic E-state index is -2.90. The van der Waals surface area contributed by atoms with Gasteiger partial charge in [0.15, 0.2) is 5.76 Å². The fourth-order valence-corrected chi connectivity index (χ4v) is 4.94. The summed E-state index contributed by atoms with van der Waals surface area (Å²) in [5.41, 5.74) is 1.68. The summed E-state index contributed by atoms with van der Waals surface area (Å²) in [6.07, 6.45) is -1.64. The Labute approximate surface area is 195 Å². The molecule has 1 N–H and O–H groups in total. The molecule has 0 saturated carbocycles. The Morgan fingerprint density at radius 3 is 2.53 bits per heavy atom. The Bertz CT molecular complexity index is 1410. The van der Waals surface area contributed by atoms with E-state index in [-0.39, 0.29) is 27.0 Å². The van der Waals surface area contributed by atoms with Gasteiger partial charge in [-0.05, 0) is 23.8 Å². The Kier molecular flexibility index (Phi) is 5.16. The standard InChI is InChI=1S/C22H12Cl2F2N4OS/c1-10-11-5-4-7-14(24)16(11)18-17(22(27)32-10)20(31-29-18)12-9-28-30(19(12)21(25)26)15-8-3-2-6-13(15)23/h2-9,21,27H,1H2. The molecule has 10 heteroatoms. The van der Waals surface area contributed by atoms with E-state index >= 15 is 0 Å². The highest BCUT2D eigenvalue weighted by Gasteiger charge is 2.34. The Morgan fingerprint density at radius 2 is 1.78 bits per heavy atom. The van der Waals surface area contributed by atoms with E-state index in [1.807, 2.05) is 6.07 Å². The van der Waals surface area contributed by atoms with Crippen LogP contribution in [0.5, 0.6) is 0 Å². The van der Waals surface area contributed by atoms with E-state index < -0.39 is 12.1 Å². The minimum Gasteiger partial charge on any atom is -0.355 e. The van der Waals surface area contributed by atoms with Crippen LogP contribution in [0.4, 0.5) is 8.78 Å². The van der Waals surface area contributed by atoms with Gasteiger partial charge in [-0.15, -0.1) is 0 Å². The lowest BCUT2D eigenvalue weighted by molar-refractivity contribution is 0.143. The molecule has 2 aromatic heterocycles. The third-order valence-electron chi connectivity index (χ3n) is 5.03. The van der Waals surface area contributed by atoms with Crippen LogP contribution >= 0.6 is 35.0 Å². The van der Waals surface area contributed by atoms with Crippen molar-refractivity contribution in [3.63, 3.8) is 0 Å². The average molecular weight is 489 g/mol. The van der Waals surface area contributed by atoms with Crippen LogP contribution in [-0.2, 0) is 0 Å². The molecule has 2 aromatic carbocycles. The van der Waals surface area contributed by atoms with Crippen molar-refractivity contribution in [3.8, 4) is 28.3 Å². The van der Waals surface area contributed by atoms with Gasteiger partial charge >= 0.3 is 0 Å². The van der Waals surface area contributed by atoms with Gasteiger partial charge in [-0.25, -0.2) is 13.5 Å². The number of nitrogens with one attached hydrogen (secondary N) is 1. The van der Waals surface area contributed by atoms with Gasteiger partial charge in [-0.1, -0.05) is 71.0 Å². The monoisotopic (exact) mass is 488 g/mol. The van der Waals surface area contributed by atoms with Crippen molar-refractivity contribution in [1.29, 1.82) is 5.41 Å². The van der Waals surface area contributed by atoms with Crippen molar-refractivity contribution >= 4 is 44.9 Å². The zero-order valence-corrected chi connectivity index (χ0v) is 18.4. The fourth-order valence-electron chi connectivity index (χ4n) is 3.64. The molecule has 32 heavy (non-hydrogen) atoms. The maximum Gasteiger partial charge on any atom is 0.281 e. The molecule has 0 atom stereocenters. The number of rotatable bonds is 3. The number of para-hydroxylation sites is 1. The van der Waals surface area contributed by atoms with Gasteiger partial charge < -0.3 is 4.52 Å². The zero-order chi connectivity index (χ0) is 22.6. The van der Waals surface area contributed by atoms with E-state index in [9.17, 15) is 8.78 Å². The summed E-state index contributed by atoms with van der Waals surface area (Å²) in [6.45, 7) is 4.03. The second kappa shape index (κ2) is 7.88. The summed E-state index contributed by atoms with van der Waals surface area (Å²) >= 11 is 13.7. The number of hydrogen-bond acceptors (Lipinski definition) is 5. The highest BCUT2D eigenvalue weighted by Crippen LogP contribution is 2.48. The number of nitrogens with zero attached hydrogens (tertiary/aromatic N) is 3. The number of fused-ring (bicyclic) bond motifs is 3. The molecule has 4 aromatic rings. The number of aromatic nitrogens is 3. The van der Waals surface area contributed by atoms with Crippen LogP contribution in [0.2, 0.25) is 10.0 Å². The van der Waals surface area contributed by atoms with Crippen LogP contribution in [0.3, 0.4) is 0 Å². The molecule has 160 valence electrons. The van der Waals surface area contributed by atoms with E-state index in [1.165, 1.54) is 6.20 Å². The first-order chi connectivity index (χ1) is 15.4. The fraction of sp³-hybridized carbons (Fsp3) is 0.0455. The molecule has 5 nitrogen and oxygen atoms in total. The number of hydrogen-bond donors (Lipinski definition) is 1. The number of halogens is 4.